The number of hydrogen-bond acceptors (Lipinski definition) is 7. The van der Waals surface area contributed by atoms with Crippen LogP contribution in [0.25, 0.3) is 0 Å². The third-order valence-electron chi connectivity index (χ3n) is 5.66. The van der Waals surface area contributed by atoms with Crippen molar-refractivity contribution in [3.63, 3.8) is 0 Å². The monoisotopic (exact) mass is 443 g/mol. The van der Waals surface area contributed by atoms with Gasteiger partial charge in [0, 0.05) is 6.54 Å². The first kappa shape index (κ1) is 19.4. The first-order chi connectivity index (χ1) is 14.7. The summed E-state index contributed by atoms with van der Waals surface area (Å²) in [5.41, 5.74) is -0.797. The van der Waals surface area contributed by atoms with Crippen molar-refractivity contribution >= 4 is 27.9 Å². The molecule has 2 aromatic rings. The van der Waals surface area contributed by atoms with Gasteiger partial charge >= 0.3 is 6.03 Å². The number of amides is 4. The number of sulfonamides is 1. The Morgan fingerprint density at radius 1 is 1.03 bits per heavy atom. The van der Waals surface area contributed by atoms with Crippen molar-refractivity contribution < 1.29 is 32.3 Å². The summed E-state index contributed by atoms with van der Waals surface area (Å²) in [4.78, 5) is 39.1. The number of fused-ring (bicyclic) bond motifs is 2. The Labute approximate surface area is 177 Å². The van der Waals surface area contributed by atoms with Crippen molar-refractivity contribution in [2.45, 2.75) is 17.4 Å². The third kappa shape index (κ3) is 2.69. The highest BCUT2D eigenvalue weighted by molar-refractivity contribution is 7.90. The Hall–Kier alpha value is -3.60. The summed E-state index contributed by atoms with van der Waals surface area (Å²) in [7, 11) is -4.03. The fourth-order valence-electron chi connectivity index (χ4n) is 3.95. The van der Waals surface area contributed by atoms with E-state index in [1.807, 2.05) is 0 Å². The summed E-state index contributed by atoms with van der Waals surface area (Å²) < 4.78 is 36.7. The summed E-state index contributed by atoms with van der Waals surface area (Å²) >= 11 is 0. The lowest BCUT2D eigenvalue weighted by atomic mass is 9.91. The van der Waals surface area contributed by atoms with Crippen LogP contribution in [0.5, 0.6) is 11.5 Å². The second-order valence-electron chi connectivity index (χ2n) is 7.46. The van der Waals surface area contributed by atoms with E-state index in [1.165, 1.54) is 18.2 Å². The van der Waals surface area contributed by atoms with Gasteiger partial charge in [-0.15, -0.1) is 0 Å². The zero-order chi connectivity index (χ0) is 22.0. The number of nitrogens with one attached hydrogen (secondary N) is 1. The first-order valence-corrected chi connectivity index (χ1v) is 10.9. The van der Waals surface area contributed by atoms with Gasteiger partial charge in [-0.2, -0.15) is 0 Å². The van der Waals surface area contributed by atoms with Gasteiger partial charge in [-0.3, -0.25) is 14.5 Å². The Bertz CT molecular complexity index is 1260. The molecule has 1 fully saturated rings. The van der Waals surface area contributed by atoms with Crippen LogP contribution in [0.1, 0.15) is 22.8 Å². The molecule has 5 rings (SSSR count). The molecular formula is C20H17N3O7S. The van der Waals surface area contributed by atoms with Crippen LogP contribution in [0.2, 0.25) is 0 Å². The van der Waals surface area contributed by atoms with E-state index < -0.39 is 33.4 Å². The minimum absolute atomic E-state index is 0.0721. The van der Waals surface area contributed by atoms with E-state index in [4.69, 9.17) is 9.47 Å². The van der Waals surface area contributed by atoms with Gasteiger partial charge in [0.05, 0.1) is 12.1 Å². The molecule has 2 aromatic carbocycles. The maximum Gasteiger partial charge on any atom is 0.325 e. The Balaban J connectivity index is 1.37. The highest BCUT2D eigenvalue weighted by Gasteiger charge is 2.50. The number of rotatable bonds is 4. The molecule has 4 amide bonds. The van der Waals surface area contributed by atoms with Crippen LogP contribution in [-0.4, -0.2) is 55.4 Å². The van der Waals surface area contributed by atoms with Gasteiger partial charge in [0.15, 0.2) is 11.5 Å². The smallest absolute Gasteiger partial charge is 0.325 e. The molecule has 3 aliphatic rings. The summed E-state index contributed by atoms with van der Waals surface area (Å²) in [6, 6.07) is 10.1. The number of nitrogens with zero attached hydrogens (tertiary/aromatic N) is 2. The van der Waals surface area contributed by atoms with Crippen molar-refractivity contribution in [2.24, 2.45) is 0 Å². The number of imide groups is 1. The lowest BCUT2D eigenvalue weighted by Crippen LogP contribution is -2.43. The molecule has 0 spiro atoms. The van der Waals surface area contributed by atoms with E-state index in [-0.39, 0.29) is 30.3 Å². The van der Waals surface area contributed by atoms with E-state index in [1.54, 1.807) is 31.2 Å². The molecule has 1 N–H and O–H groups in total. The van der Waals surface area contributed by atoms with E-state index >= 15 is 0 Å². The van der Waals surface area contributed by atoms with Gasteiger partial charge in [-0.05, 0) is 36.8 Å². The topological polar surface area (TPSA) is 122 Å². The molecule has 10 nitrogen and oxygen atoms in total. The fraction of sp³-hybridized carbons (Fsp3) is 0.250. The molecule has 160 valence electrons. The molecule has 1 saturated heterocycles. The normalized spacial score (nSPS) is 23.3. The minimum atomic E-state index is -4.03. The average Bonchev–Trinajstić information content (AvgIpc) is 3.36. The number of urea groups is 1. The van der Waals surface area contributed by atoms with E-state index in [2.05, 4.69) is 5.32 Å². The van der Waals surface area contributed by atoms with E-state index in [0.29, 0.717) is 21.4 Å². The molecule has 3 aliphatic heterocycles. The van der Waals surface area contributed by atoms with Crippen LogP contribution in [0, 0.1) is 0 Å². The van der Waals surface area contributed by atoms with Crippen molar-refractivity contribution in [1.82, 2.24) is 14.5 Å². The first-order valence-electron chi connectivity index (χ1n) is 9.44. The Morgan fingerprint density at radius 2 is 1.77 bits per heavy atom. The zero-order valence-corrected chi connectivity index (χ0v) is 17.1. The number of carbonyl (C=O) groups is 3. The van der Waals surface area contributed by atoms with Gasteiger partial charge < -0.3 is 14.8 Å². The van der Waals surface area contributed by atoms with Crippen molar-refractivity contribution in [3.8, 4) is 11.5 Å². The van der Waals surface area contributed by atoms with Gasteiger partial charge in [-0.1, -0.05) is 18.2 Å². The summed E-state index contributed by atoms with van der Waals surface area (Å²) in [5, 5.41) is 2.65. The van der Waals surface area contributed by atoms with Crippen molar-refractivity contribution in [1.29, 1.82) is 0 Å². The van der Waals surface area contributed by atoms with E-state index in [9.17, 15) is 22.8 Å². The van der Waals surface area contributed by atoms with Gasteiger partial charge in [-0.25, -0.2) is 17.5 Å². The van der Waals surface area contributed by atoms with Crippen LogP contribution in [0.3, 0.4) is 0 Å². The summed E-state index contributed by atoms with van der Waals surface area (Å²) in [5.74, 6) is -0.233. The summed E-state index contributed by atoms with van der Waals surface area (Å²) in [6.07, 6.45) is 0. The van der Waals surface area contributed by atoms with Crippen LogP contribution in [-0.2, 0) is 20.4 Å². The Morgan fingerprint density at radius 3 is 2.55 bits per heavy atom. The predicted molar refractivity (Wildman–Crippen MR) is 105 cm³/mol. The van der Waals surface area contributed by atoms with E-state index in [0.717, 1.165) is 4.90 Å². The number of carbonyl (C=O) groups excluding carboxylic acids is 3. The molecule has 3 heterocycles. The fourth-order valence-corrected chi connectivity index (χ4v) is 5.51. The molecular weight excluding hydrogens is 426 g/mol. The zero-order valence-electron chi connectivity index (χ0n) is 16.3. The highest BCUT2D eigenvalue weighted by atomic mass is 32.2. The van der Waals surface area contributed by atoms with Crippen LogP contribution in [0.15, 0.2) is 47.4 Å². The maximum atomic E-state index is 13.1. The minimum Gasteiger partial charge on any atom is -0.454 e. The second-order valence-corrected chi connectivity index (χ2v) is 9.29. The number of ether oxygens (including phenoxy) is 2. The van der Waals surface area contributed by atoms with Gasteiger partial charge in [0.25, 0.3) is 21.8 Å². The highest BCUT2D eigenvalue weighted by Crippen LogP contribution is 2.38. The van der Waals surface area contributed by atoms with Gasteiger partial charge in [0.1, 0.15) is 10.4 Å². The largest absolute Gasteiger partial charge is 0.454 e. The quantitative estimate of drug-likeness (QED) is 0.700. The summed E-state index contributed by atoms with van der Waals surface area (Å²) in [6.45, 7) is 1.01. The SMILES string of the molecule is CC1(c2ccc3c(c2)OCO3)NC(=O)N(CCN2C(=O)c3ccccc3S2(=O)=O)C1=O. The number of hydrogen-bond donors (Lipinski definition) is 1. The molecule has 0 aromatic heterocycles. The lowest BCUT2D eigenvalue weighted by Gasteiger charge is -2.23. The maximum absolute atomic E-state index is 13.1. The van der Waals surface area contributed by atoms with Crippen LogP contribution in [0.4, 0.5) is 4.79 Å². The molecule has 31 heavy (non-hydrogen) atoms. The molecule has 0 radical (unpaired) electrons. The van der Waals surface area contributed by atoms with Crippen LogP contribution >= 0.6 is 0 Å². The van der Waals surface area contributed by atoms with Crippen molar-refractivity contribution in [2.75, 3.05) is 19.9 Å². The molecule has 0 bridgehead atoms. The van der Waals surface area contributed by atoms with Crippen molar-refractivity contribution in [3.05, 3.63) is 53.6 Å². The second kappa shape index (κ2) is 6.45. The number of benzene rings is 2. The Kier molecular flexibility index (Phi) is 4.03. The molecule has 0 aliphatic carbocycles. The lowest BCUT2D eigenvalue weighted by molar-refractivity contribution is -0.131. The van der Waals surface area contributed by atoms with Crippen LogP contribution < -0.4 is 14.8 Å². The van der Waals surface area contributed by atoms with Gasteiger partial charge in [0.2, 0.25) is 6.79 Å². The predicted octanol–water partition coefficient (Wildman–Crippen LogP) is 1.03. The molecule has 1 atom stereocenters. The molecule has 1 unspecified atom stereocenters. The average molecular weight is 443 g/mol. The third-order valence-corrected chi connectivity index (χ3v) is 7.50. The molecule has 11 heteroatoms. The standard InChI is InChI=1S/C20H17N3O7S/c1-20(12-6-7-14-15(10-12)30-11-29-14)18(25)22(19(26)21-20)8-9-23-17(24)13-4-2-3-5-16(13)31(23,27)28/h2-7,10H,8-9,11H2,1H3,(H,21,26). The molecule has 0 saturated carbocycles.